The molecular formula is C9H9ClN4O2S. The number of nitrogens with one attached hydrogen (secondary N) is 1. The summed E-state index contributed by atoms with van der Waals surface area (Å²) in [7, 11) is -2.01. The van der Waals surface area contributed by atoms with Gasteiger partial charge in [-0.2, -0.15) is 8.42 Å². The Morgan fingerprint density at radius 1 is 1.35 bits per heavy atom. The lowest BCUT2D eigenvalue weighted by atomic mass is 10.5. The summed E-state index contributed by atoms with van der Waals surface area (Å²) >= 11 is 5.65. The van der Waals surface area contributed by atoms with E-state index in [9.17, 15) is 8.42 Å². The summed E-state index contributed by atoms with van der Waals surface area (Å²) < 4.78 is 27.5. The number of sulfonamides is 1. The molecule has 0 amide bonds. The molecular weight excluding hydrogens is 264 g/mol. The van der Waals surface area contributed by atoms with E-state index < -0.39 is 10.0 Å². The van der Waals surface area contributed by atoms with Gasteiger partial charge in [-0.15, -0.1) is 0 Å². The van der Waals surface area contributed by atoms with Gasteiger partial charge in [0, 0.05) is 19.4 Å². The maximum absolute atomic E-state index is 11.8. The van der Waals surface area contributed by atoms with E-state index in [0.717, 1.165) is 0 Å². The normalized spacial score (nSPS) is 11.4. The molecule has 0 aliphatic heterocycles. The average molecular weight is 273 g/mol. The lowest BCUT2D eigenvalue weighted by Crippen LogP contribution is -2.14. The van der Waals surface area contributed by atoms with E-state index in [2.05, 4.69) is 14.7 Å². The highest BCUT2D eigenvalue weighted by Crippen LogP contribution is 2.14. The van der Waals surface area contributed by atoms with Crippen molar-refractivity contribution < 1.29 is 8.42 Å². The van der Waals surface area contributed by atoms with E-state index in [0.29, 0.717) is 5.02 Å². The first kappa shape index (κ1) is 11.9. The van der Waals surface area contributed by atoms with Crippen LogP contribution in [0.5, 0.6) is 0 Å². The third-order valence-corrected chi connectivity index (χ3v) is 3.39. The van der Waals surface area contributed by atoms with Gasteiger partial charge in [0.1, 0.15) is 5.82 Å². The summed E-state index contributed by atoms with van der Waals surface area (Å²) in [6.45, 7) is 0. The fourth-order valence-electron chi connectivity index (χ4n) is 1.15. The van der Waals surface area contributed by atoms with Crippen LogP contribution in [0.3, 0.4) is 0 Å². The molecule has 2 rings (SSSR count). The van der Waals surface area contributed by atoms with Crippen molar-refractivity contribution in [2.75, 3.05) is 4.72 Å². The molecule has 0 saturated heterocycles. The first-order valence-electron chi connectivity index (χ1n) is 4.60. The van der Waals surface area contributed by atoms with E-state index in [-0.39, 0.29) is 10.8 Å². The van der Waals surface area contributed by atoms with Crippen molar-refractivity contribution in [1.82, 2.24) is 14.5 Å². The van der Waals surface area contributed by atoms with Gasteiger partial charge >= 0.3 is 0 Å². The first-order chi connectivity index (χ1) is 7.97. The molecule has 2 aromatic heterocycles. The van der Waals surface area contributed by atoms with Crippen molar-refractivity contribution in [3.63, 3.8) is 0 Å². The van der Waals surface area contributed by atoms with Crippen LogP contribution in [0.2, 0.25) is 5.02 Å². The minimum absolute atomic E-state index is 0.0586. The van der Waals surface area contributed by atoms with Gasteiger partial charge in [-0.05, 0) is 12.1 Å². The Hall–Kier alpha value is -1.60. The molecule has 6 nitrogen and oxygen atoms in total. The van der Waals surface area contributed by atoms with Gasteiger partial charge in [-0.1, -0.05) is 11.6 Å². The van der Waals surface area contributed by atoms with Gasteiger partial charge in [0.05, 0.1) is 11.3 Å². The highest BCUT2D eigenvalue weighted by Gasteiger charge is 2.17. The molecule has 1 N–H and O–H groups in total. The fraction of sp³-hybridized carbons (Fsp3) is 0.111. The number of hydrogen-bond donors (Lipinski definition) is 1. The van der Waals surface area contributed by atoms with E-state index >= 15 is 0 Å². The van der Waals surface area contributed by atoms with Crippen molar-refractivity contribution in [1.29, 1.82) is 0 Å². The largest absolute Gasteiger partial charge is 0.339 e. The molecule has 0 bridgehead atoms. The van der Waals surface area contributed by atoms with Gasteiger partial charge in [-0.25, -0.2) is 9.97 Å². The molecule has 90 valence electrons. The van der Waals surface area contributed by atoms with Crippen LogP contribution in [0.1, 0.15) is 0 Å². The minimum Gasteiger partial charge on any atom is -0.339 e. The Kier molecular flexibility index (Phi) is 3.03. The number of aromatic nitrogens is 3. The molecule has 0 atom stereocenters. The summed E-state index contributed by atoms with van der Waals surface area (Å²) in [6.07, 6.45) is 4.17. The van der Waals surface area contributed by atoms with Gasteiger partial charge in [-0.3, -0.25) is 4.72 Å². The van der Waals surface area contributed by atoms with E-state index in [4.69, 9.17) is 11.6 Å². The SMILES string of the molecule is Cn1cnc(S(=O)(=O)Nc2ccc(Cl)cn2)c1. The summed E-state index contributed by atoms with van der Waals surface area (Å²) in [5.74, 6) is 0.194. The van der Waals surface area contributed by atoms with E-state index in [1.807, 2.05) is 0 Å². The van der Waals surface area contributed by atoms with E-state index in [1.54, 1.807) is 17.7 Å². The topological polar surface area (TPSA) is 76.9 Å². The molecule has 17 heavy (non-hydrogen) atoms. The molecule has 2 aromatic rings. The maximum Gasteiger partial charge on any atom is 0.282 e. The van der Waals surface area contributed by atoms with Gasteiger partial charge in [0.25, 0.3) is 10.0 Å². The number of rotatable bonds is 3. The zero-order valence-electron chi connectivity index (χ0n) is 8.83. The monoisotopic (exact) mass is 272 g/mol. The number of imidazole rings is 1. The first-order valence-corrected chi connectivity index (χ1v) is 6.46. The average Bonchev–Trinajstić information content (AvgIpc) is 2.69. The Labute approximate surface area is 103 Å². The van der Waals surface area contributed by atoms with Crippen molar-refractivity contribution in [2.45, 2.75) is 5.03 Å². The Balaban J connectivity index is 2.26. The van der Waals surface area contributed by atoms with Gasteiger partial charge in [0.2, 0.25) is 0 Å². The molecule has 0 aliphatic rings. The molecule has 0 aliphatic carbocycles. The third-order valence-electron chi connectivity index (χ3n) is 1.92. The highest BCUT2D eigenvalue weighted by molar-refractivity contribution is 7.92. The zero-order chi connectivity index (χ0) is 12.5. The number of hydrogen-bond acceptors (Lipinski definition) is 4. The van der Waals surface area contributed by atoms with Crippen LogP contribution in [0.15, 0.2) is 35.9 Å². The molecule has 0 unspecified atom stereocenters. The van der Waals surface area contributed by atoms with Crippen molar-refractivity contribution in [2.24, 2.45) is 7.05 Å². The standard InChI is InChI=1S/C9H9ClN4O2S/c1-14-5-9(12-6-14)17(15,16)13-8-3-2-7(10)4-11-8/h2-6H,1H3,(H,11,13). The van der Waals surface area contributed by atoms with Crippen molar-refractivity contribution in [3.8, 4) is 0 Å². The number of pyridine rings is 1. The minimum atomic E-state index is -3.69. The number of halogens is 1. The van der Waals surface area contributed by atoms with Crippen LogP contribution in [-0.2, 0) is 17.1 Å². The molecule has 0 radical (unpaired) electrons. The predicted molar refractivity (Wildman–Crippen MR) is 63.3 cm³/mol. The number of aryl methyl sites for hydroxylation is 1. The van der Waals surface area contributed by atoms with Gasteiger partial charge < -0.3 is 4.57 Å². The highest BCUT2D eigenvalue weighted by atomic mass is 35.5. The molecule has 0 saturated carbocycles. The lowest BCUT2D eigenvalue weighted by Gasteiger charge is -2.04. The van der Waals surface area contributed by atoms with Crippen molar-refractivity contribution in [3.05, 3.63) is 35.9 Å². The molecule has 2 heterocycles. The lowest BCUT2D eigenvalue weighted by molar-refractivity contribution is 0.598. The summed E-state index contributed by atoms with van der Waals surface area (Å²) in [5.41, 5.74) is 0. The Morgan fingerprint density at radius 3 is 2.65 bits per heavy atom. The number of nitrogens with zero attached hydrogens (tertiary/aromatic N) is 3. The quantitative estimate of drug-likeness (QED) is 0.913. The van der Waals surface area contributed by atoms with Crippen LogP contribution in [0.4, 0.5) is 5.82 Å². The predicted octanol–water partition coefficient (Wildman–Crippen LogP) is 1.27. The molecule has 0 fully saturated rings. The second kappa shape index (κ2) is 4.34. The van der Waals surface area contributed by atoms with Crippen LogP contribution in [0.25, 0.3) is 0 Å². The van der Waals surface area contributed by atoms with Gasteiger partial charge in [0.15, 0.2) is 5.03 Å². The second-order valence-corrected chi connectivity index (χ2v) is 5.41. The maximum atomic E-state index is 11.8. The Morgan fingerprint density at radius 2 is 2.12 bits per heavy atom. The third kappa shape index (κ3) is 2.75. The van der Waals surface area contributed by atoms with Crippen molar-refractivity contribution >= 4 is 27.4 Å². The molecule has 0 aromatic carbocycles. The molecule has 8 heteroatoms. The molecule has 0 spiro atoms. The van der Waals surface area contributed by atoms with Crippen LogP contribution < -0.4 is 4.72 Å². The van der Waals surface area contributed by atoms with Crippen LogP contribution in [-0.4, -0.2) is 23.0 Å². The number of anilines is 1. The second-order valence-electron chi connectivity index (χ2n) is 3.34. The summed E-state index contributed by atoms with van der Waals surface area (Å²) in [4.78, 5) is 7.60. The van der Waals surface area contributed by atoms with Crippen LogP contribution >= 0.6 is 11.6 Å². The smallest absolute Gasteiger partial charge is 0.282 e. The van der Waals surface area contributed by atoms with Crippen LogP contribution in [0, 0.1) is 0 Å². The summed E-state index contributed by atoms with van der Waals surface area (Å²) in [6, 6.07) is 3.02. The fourth-order valence-corrected chi connectivity index (χ4v) is 2.26. The zero-order valence-corrected chi connectivity index (χ0v) is 10.4. The van der Waals surface area contributed by atoms with E-state index in [1.165, 1.54) is 24.8 Å². The Bertz CT molecular complexity index is 621. The summed E-state index contributed by atoms with van der Waals surface area (Å²) in [5, 5.41) is 0.377.